The van der Waals surface area contributed by atoms with Gasteiger partial charge in [-0.1, -0.05) is 24.3 Å². The Kier molecular flexibility index (Phi) is 9.71. The fourth-order valence-corrected chi connectivity index (χ4v) is 5.67. The molecular formula is C28H24I2N2O5S. The lowest BCUT2D eigenvalue weighted by Crippen LogP contribution is -2.27. The van der Waals surface area contributed by atoms with E-state index in [1.54, 1.807) is 12.1 Å². The van der Waals surface area contributed by atoms with Gasteiger partial charge >= 0.3 is 0 Å². The van der Waals surface area contributed by atoms with Crippen LogP contribution in [-0.2, 0) is 16.1 Å². The predicted molar refractivity (Wildman–Crippen MR) is 166 cm³/mol. The van der Waals surface area contributed by atoms with E-state index in [2.05, 4.69) is 50.5 Å². The number of halogens is 2. The van der Waals surface area contributed by atoms with Gasteiger partial charge in [0, 0.05) is 9.26 Å². The van der Waals surface area contributed by atoms with Gasteiger partial charge in [0.15, 0.2) is 18.1 Å². The van der Waals surface area contributed by atoms with Crippen LogP contribution in [0.3, 0.4) is 0 Å². The van der Waals surface area contributed by atoms with Gasteiger partial charge in [-0.3, -0.25) is 19.3 Å². The first kappa shape index (κ1) is 28.4. The molecule has 3 aromatic carbocycles. The second-order valence-electron chi connectivity index (χ2n) is 8.36. The molecule has 0 atom stereocenters. The number of carbonyl (C=O) groups excluding carboxylic acids is 3. The molecule has 1 N–H and O–H groups in total. The molecule has 38 heavy (non-hydrogen) atoms. The van der Waals surface area contributed by atoms with Crippen molar-refractivity contribution in [1.82, 2.24) is 4.90 Å². The largest absolute Gasteiger partial charge is 0.490 e. The smallest absolute Gasteiger partial charge is 0.293 e. The summed E-state index contributed by atoms with van der Waals surface area (Å²) in [5, 5.41) is 2.52. The summed E-state index contributed by atoms with van der Waals surface area (Å²) in [7, 11) is 0. The van der Waals surface area contributed by atoms with Crippen molar-refractivity contribution in [1.29, 1.82) is 0 Å². The highest BCUT2D eigenvalue weighted by Gasteiger charge is 2.35. The maximum Gasteiger partial charge on any atom is 0.293 e. The maximum absolute atomic E-state index is 13.0. The van der Waals surface area contributed by atoms with E-state index in [0.29, 0.717) is 37.8 Å². The molecule has 3 aromatic rings. The first-order valence-electron chi connectivity index (χ1n) is 11.7. The van der Waals surface area contributed by atoms with Gasteiger partial charge in [0.05, 0.1) is 21.6 Å². The van der Waals surface area contributed by atoms with Gasteiger partial charge in [-0.05, 0) is 130 Å². The Morgan fingerprint density at radius 2 is 1.82 bits per heavy atom. The number of aryl methyl sites for hydroxylation is 1. The number of imide groups is 1. The third-order valence-electron chi connectivity index (χ3n) is 5.41. The number of nitrogens with one attached hydrogen (secondary N) is 1. The van der Waals surface area contributed by atoms with Crippen LogP contribution in [0.4, 0.5) is 10.5 Å². The summed E-state index contributed by atoms with van der Waals surface area (Å²) >= 11 is 5.23. The number of hydrogen-bond donors (Lipinski definition) is 1. The van der Waals surface area contributed by atoms with Crippen molar-refractivity contribution in [2.45, 2.75) is 20.4 Å². The van der Waals surface area contributed by atoms with Crippen LogP contribution in [0.2, 0.25) is 0 Å². The average molecular weight is 754 g/mol. The average Bonchev–Trinajstić information content (AvgIpc) is 3.12. The molecule has 0 aliphatic carbocycles. The fraction of sp³-hybridized carbons (Fsp3) is 0.179. The summed E-state index contributed by atoms with van der Waals surface area (Å²) in [6.45, 7) is 4.22. The molecule has 1 aliphatic rings. The number of nitrogens with zero attached hydrogens (tertiary/aromatic N) is 1. The number of benzene rings is 3. The number of thioether (sulfide) groups is 1. The fourth-order valence-electron chi connectivity index (χ4n) is 3.69. The zero-order valence-corrected chi connectivity index (χ0v) is 25.8. The van der Waals surface area contributed by atoms with E-state index >= 15 is 0 Å². The standard InChI is InChI=1S/C28H24I2N2O5S/c1-3-36-23-13-19(12-22(30)26(23)37-16-25(33)31-21-6-4-5-17(2)11-21)14-24-27(34)32(28(35)38-24)15-18-7-9-20(29)10-8-18/h4-14H,3,15-16H2,1-2H3,(H,31,33)/b24-14-. The molecule has 7 nitrogen and oxygen atoms in total. The highest BCUT2D eigenvalue weighted by Crippen LogP contribution is 2.38. The van der Waals surface area contributed by atoms with Crippen molar-refractivity contribution >= 4 is 85.8 Å². The van der Waals surface area contributed by atoms with Crippen LogP contribution in [0.5, 0.6) is 11.5 Å². The van der Waals surface area contributed by atoms with E-state index in [9.17, 15) is 14.4 Å². The molecule has 0 radical (unpaired) electrons. The molecule has 1 heterocycles. The Bertz CT molecular complexity index is 1410. The van der Waals surface area contributed by atoms with Gasteiger partial charge in [0.25, 0.3) is 17.1 Å². The monoisotopic (exact) mass is 754 g/mol. The minimum Gasteiger partial charge on any atom is -0.490 e. The Hall–Kier alpha value is -2.58. The number of carbonyl (C=O) groups is 3. The normalized spacial score (nSPS) is 14.2. The van der Waals surface area contributed by atoms with Crippen LogP contribution in [0.15, 0.2) is 65.6 Å². The predicted octanol–water partition coefficient (Wildman–Crippen LogP) is 6.86. The Morgan fingerprint density at radius 1 is 1.05 bits per heavy atom. The van der Waals surface area contributed by atoms with Crippen molar-refractivity contribution in [3.05, 3.63) is 89.4 Å². The summed E-state index contributed by atoms with van der Waals surface area (Å²) < 4.78 is 13.4. The van der Waals surface area contributed by atoms with Gasteiger partial charge in [0.2, 0.25) is 0 Å². The molecule has 3 amide bonds. The number of ether oxygens (including phenoxy) is 2. The number of rotatable bonds is 9. The summed E-state index contributed by atoms with van der Waals surface area (Å²) in [6, 6.07) is 18.8. The number of anilines is 1. The van der Waals surface area contributed by atoms with Crippen molar-refractivity contribution in [2.75, 3.05) is 18.5 Å². The lowest BCUT2D eigenvalue weighted by molar-refractivity contribution is -0.123. The van der Waals surface area contributed by atoms with E-state index in [-0.39, 0.29) is 30.2 Å². The van der Waals surface area contributed by atoms with Crippen LogP contribution in [0.1, 0.15) is 23.6 Å². The topological polar surface area (TPSA) is 84.9 Å². The first-order chi connectivity index (χ1) is 18.2. The van der Waals surface area contributed by atoms with Crippen molar-refractivity contribution < 1.29 is 23.9 Å². The molecule has 1 saturated heterocycles. The van der Waals surface area contributed by atoms with E-state index in [0.717, 1.165) is 26.5 Å². The van der Waals surface area contributed by atoms with Gasteiger partial charge in [-0.25, -0.2) is 0 Å². The summed E-state index contributed by atoms with van der Waals surface area (Å²) in [4.78, 5) is 39.6. The third kappa shape index (κ3) is 7.29. The summed E-state index contributed by atoms with van der Waals surface area (Å²) in [5.74, 6) is 0.266. The second-order valence-corrected chi connectivity index (χ2v) is 11.8. The maximum atomic E-state index is 13.0. The Labute approximate surface area is 252 Å². The lowest BCUT2D eigenvalue weighted by Gasteiger charge is -2.15. The molecule has 0 aromatic heterocycles. The third-order valence-corrected chi connectivity index (χ3v) is 7.83. The van der Waals surface area contributed by atoms with Crippen LogP contribution < -0.4 is 14.8 Å². The van der Waals surface area contributed by atoms with Crippen LogP contribution >= 0.6 is 56.9 Å². The molecule has 0 spiro atoms. The lowest BCUT2D eigenvalue weighted by atomic mass is 10.1. The van der Waals surface area contributed by atoms with Crippen molar-refractivity contribution in [3.8, 4) is 11.5 Å². The highest BCUT2D eigenvalue weighted by atomic mass is 127. The van der Waals surface area contributed by atoms with E-state index < -0.39 is 0 Å². The van der Waals surface area contributed by atoms with E-state index in [4.69, 9.17) is 9.47 Å². The van der Waals surface area contributed by atoms with Crippen LogP contribution in [0.25, 0.3) is 6.08 Å². The van der Waals surface area contributed by atoms with Gasteiger partial charge in [-0.2, -0.15) is 0 Å². The van der Waals surface area contributed by atoms with E-state index in [1.807, 2.05) is 68.4 Å². The van der Waals surface area contributed by atoms with Crippen molar-refractivity contribution in [2.24, 2.45) is 0 Å². The Balaban J connectivity index is 1.48. The minimum absolute atomic E-state index is 0.194. The number of hydrogen-bond acceptors (Lipinski definition) is 6. The molecule has 0 saturated carbocycles. The molecule has 0 unspecified atom stereocenters. The minimum atomic E-state index is -0.334. The SMILES string of the molecule is CCOc1cc(/C=C2\SC(=O)N(Cc3ccc(I)cc3)C2=O)cc(I)c1OCC(=O)Nc1cccc(C)c1. The highest BCUT2D eigenvalue weighted by molar-refractivity contribution is 14.1. The zero-order valence-electron chi connectivity index (χ0n) is 20.6. The molecule has 10 heteroatoms. The van der Waals surface area contributed by atoms with Crippen LogP contribution in [0, 0.1) is 14.1 Å². The quantitative estimate of drug-likeness (QED) is 0.190. The molecular weight excluding hydrogens is 730 g/mol. The van der Waals surface area contributed by atoms with E-state index in [1.165, 1.54) is 4.90 Å². The molecule has 4 rings (SSSR count). The Morgan fingerprint density at radius 3 is 2.53 bits per heavy atom. The molecule has 1 fully saturated rings. The molecule has 1 aliphatic heterocycles. The second kappa shape index (κ2) is 13.0. The van der Waals surface area contributed by atoms with Gasteiger partial charge < -0.3 is 14.8 Å². The zero-order chi connectivity index (χ0) is 27.2. The van der Waals surface area contributed by atoms with Crippen LogP contribution in [-0.4, -0.2) is 35.2 Å². The van der Waals surface area contributed by atoms with Gasteiger partial charge in [0.1, 0.15) is 0 Å². The summed E-state index contributed by atoms with van der Waals surface area (Å²) in [6.07, 6.45) is 1.68. The number of amides is 3. The first-order valence-corrected chi connectivity index (χ1v) is 14.7. The van der Waals surface area contributed by atoms with Gasteiger partial charge in [-0.15, -0.1) is 0 Å². The molecule has 196 valence electrons. The molecule has 0 bridgehead atoms. The van der Waals surface area contributed by atoms with Crippen molar-refractivity contribution in [3.63, 3.8) is 0 Å². The summed E-state index contributed by atoms with van der Waals surface area (Å²) in [5.41, 5.74) is 3.31.